The molecule has 1 aliphatic heterocycles. The number of rotatable bonds is 28. The molecule has 0 spiro atoms. The van der Waals surface area contributed by atoms with E-state index in [-0.39, 0.29) is 51.3 Å². The highest BCUT2D eigenvalue weighted by atomic mass is 31.2. The molecule has 0 saturated carbocycles. The van der Waals surface area contributed by atoms with Gasteiger partial charge in [0.05, 0.1) is 40.5 Å². The van der Waals surface area contributed by atoms with Gasteiger partial charge in [-0.1, -0.05) is 84.0 Å². The van der Waals surface area contributed by atoms with E-state index < -0.39 is 50.0 Å². The average Bonchev–Trinajstić information content (AvgIpc) is 3.31. The number of unbranched alkanes of at least 4 members (excludes halogenated alkanes) is 12. The molecule has 0 bridgehead atoms. The summed E-state index contributed by atoms with van der Waals surface area (Å²) in [6.07, 6.45) is 13.6. The number of ether oxygens (including phenoxy) is 2. The first-order valence-corrected chi connectivity index (χ1v) is 19.1. The van der Waals surface area contributed by atoms with Crippen molar-refractivity contribution in [3.63, 3.8) is 0 Å². The van der Waals surface area contributed by atoms with Crippen LogP contribution in [0.25, 0.3) is 0 Å². The summed E-state index contributed by atoms with van der Waals surface area (Å²) in [5.41, 5.74) is 0. The zero-order chi connectivity index (χ0) is 35.1. The molecule has 47 heavy (non-hydrogen) atoms. The van der Waals surface area contributed by atoms with Crippen molar-refractivity contribution in [1.29, 1.82) is 0 Å². The molecule has 1 rings (SSSR count). The molecule has 2 atom stereocenters. The highest BCUT2D eigenvalue weighted by Gasteiger charge is 2.32. The molecule has 0 radical (unpaired) electrons. The van der Waals surface area contributed by atoms with Crippen LogP contribution in [0.1, 0.15) is 129 Å². The van der Waals surface area contributed by atoms with Crippen LogP contribution >= 0.6 is 7.60 Å². The van der Waals surface area contributed by atoms with Crippen molar-refractivity contribution in [3.05, 3.63) is 0 Å². The Labute approximate surface area is 281 Å². The molecular formula is C33H59N2O11P. The molecule has 0 aliphatic carbocycles. The predicted molar refractivity (Wildman–Crippen MR) is 174 cm³/mol. The summed E-state index contributed by atoms with van der Waals surface area (Å²) in [6.45, 7) is 1.64. The zero-order valence-electron chi connectivity index (χ0n) is 29.2. The van der Waals surface area contributed by atoms with Gasteiger partial charge in [0.2, 0.25) is 0 Å². The molecule has 272 valence electrons. The molecule has 2 unspecified atom stereocenters. The van der Waals surface area contributed by atoms with Gasteiger partial charge in [-0.05, 0) is 12.8 Å². The number of quaternary nitrogens is 1. The first-order chi connectivity index (χ1) is 22.2. The summed E-state index contributed by atoms with van der Waals surface area (Å²) in [7, 11) is 1.28. The van der Waals surface area contributed by atoms with Crippen LogP contribution in [0.15, 0.2) is 0 Å². The van der Waals surface area contributed by atoms with Crippen molar-refractivity contribution >= 4 is 37.3 Å². The van der Waals surface area contributed by atoms with Crippen molar-refractivity contribution in [2.75, 3.05) is 47.1 Å². The lowest BCUT2D eigenvalue weighted by Crippen LogP contribution is -2.38. The summed E-state index contributed by atoms with van der Waals surface area (Å²) < 4.78 is 28.6. The van der Waals surface area contributed by atoms with Gasteiger partial charge in [0, 0.05) is 32.1 Å². The van der Waals surface area contributed by atoms with Crippen LogP contribution in [0.2, 0.25) is 0 Å². The van der Waals surface area contributed by atoms with Crippen molar-refractivity contribution in [1.82, 2.24) is 5.06 Å². The maximum atomic E-state index is 12.5. The molecular weight excluding hydrogens is 631 g/mol. The van der Waals surface area contributed by atoms with E-state index in [4.69, 9.17) is 18.8 Å². The van der Waals surface area contributed by atoms with Crippen molar-refractivity contribution < 1.29 is 56.7 Å². The van der Waals surface area contributed by atoms with Crippen molar-refractivity contribution in [2.24, 2.45) is 0 Å². The highest BCUT2D eigenvalue weighted by molar-refractivity contribution is 7.51. The Bertz CT molecular complexity index is 999. The Morgan fingerprint density at radius 2 is 1.23 bits per heavy atom. The van der Waals surface area contributed by atoms with Gasteiger partial charge in [-0.3, -0.25) is 19.2 Å². The van der Waals surface area contributed by atoms with Gasteiger partial charge < -0.3 is 32.8 Å². The predicted octanol–water partition coefficient (Wildman–Crippen LogP) is 4.98. The van der Waals surface area contributed by atoms with Crippen LogP contribution in [0, 0.1) is 0 Å². The van der Waals surface area contributed by atoms with E-state index in [9.17, 15) is 33.4 Å². The van der Waals surface area contributed by atoms with Gasteiger partial charge in [0.1, 0.15) is 14.2 Å². The van der Waals surface area contributed by atoms with Crippen LogP contribution in [0.5, 0.6) is 0 Å². The topological polar surface area (TPSA) is 166 Å². The molecule has 1 heterocycles. The fourth-order valence-electron chi connectivity index (χ4n) is 4.77. The Balaban J connectivity index is 2.41. The minimum atomic E-state index is -4.26. The first-order valence-electron chi connectivity index (χ1n) is 17.4. The zero-order valence-corrected chi connectivity index (χ0v) is 30.1. The van der Waals surface area contributed by atoms with Crippen molar-refractivity contribution in [2.45, 2.75) is 135 Å². The molecule has 1 fully saturated rings. The minimum absolute atomic E-state index is 0.0101. The maximum Gasteiger partial charge on any atom is 0.333 e. The van der Waals surface area contributed by atoms with Crippen LogP contribution in [-0.2, 0) is 47.4 Å². The largest absolute Gasteiger partial charge is 0.778 e. The maximum absolute atomic E-state index is 12.5. The molecule has 0 N–H and O–H groups in total. The van der Waals surface area contributed by atoms with E-state index in [1.165, 1.54) is 57.8 Å². The van der Waals surface area contributed by atoms with E-state index >= 15 is 0 Å². The number of carbonyl (C=O) groups is 5. The number of carbonyl (C=O) groups excluding carboxylic acids is 5. The normalized spacial score (nSPS) is 15.4. The third kappa shape index (κ3) is 22.8. The lowest BCUT2D eigenvalue weighted by atomic mass is 10.0. The third-order valence-corrected chi connectivity index (χ3v) is 8.97. The summed E-state index contributed by atoms with van der Waals surface area (Å²) >= 11 is 0. The lowest BCUT2D eigenvalue weighted by molar-refractivity contribution is -0.868. The fraction of sp³-hybridized carbons (Fsp3) is 0.848. The number of esters is 2. The Morgan fingerprint density at radius 1 is 0.745 bits per heavy atom. The van der Waals surface area contributed by atoms with E-state index in [0.717, 1.165) is 19.3 Å². The van der Waals surface area contributed by atoms with Crippen LogP contribution in [-0.4, -0.2) is 92.4 Å². The van der Waals surface area contributed by atoms with E-state index in [0.29, 0.717) is 22.5 Å². The molecule has 2 amide bonds. The molecule has 0 aromatic heterocycles. The van der Waals surface area contributed by atoms with Crippen LogP contribution < -0.4 is 4.89 Å². The van der Waals surface area contributed by atoms with Crippen molar-refractivity contribution in [3.8, 4) is 0 Å². The fourth-order valence-corrected chi connectivity index (χ4v) is 6.14. The van der Waals surface area contributed by atoms with Gasteiger partial charge in [0.25, 0.3) is 11.8 Å². The summed E-state index contributed by atoms with van der Waals surface area (Å²) in [6, 6.07) is 0. The monoisotopic (exact) mass is 690 g/mol. The second kappa shape index (κ2) is 23.9. The van der Waals surface area contributed by atoms with Gasteiger partial charge in [-0.25, -0.2) is 4.79 Å². The molecule has 1 aliphatic rings. The number of hydroxylamine groups is 2. The standard InChI is InChI=1S/C33H59N2O11P/c1-5-6-7-8-9-10-11-12-13-14-15-16-17-19-31(38)43-26-28(27-44-47(41,42)25-24-35(2,3)4)45-32(39)20-18-21-33(40)46-34-29(36)22-23-30(34)37/h28H,5-27H2,1-4H3. The SMILES string of the molecule is CCCCCCCCCCCCCCCC(=O)OCC(COP(=O)([O-])CC[N+](C)(C)C)OC(=O)CCCC(=O)ON1C(=O)CCC1=O. The Morgan fingerprint density at radius 3 is 1.77 bits per heavy atom. The van der Waals surface area contributed by atoms with E-state index in [1.807, 2.05) is 21.1 Å². The average molecular weight is 691 g/mol. The Kier molecular flexibility index (Phi) is 21.7. The molecule has 0 aromatic carbocycles. The number of hydrogen-bond donors (Lipinski definition) is 0. The summed E-state index contributed by atoms with van der Waals surface area (Å²) in [4.78, 5) is 77.2. The molecule has 0 aromatic rings. The van der Waals surface area contributed by atoms with Gasteiger partial charge in [-0.15, -0.1) is 5.06 Å². The minimum Gasteiger partial charge on any atom is -0.778 e. The number of hydrogen-bond acceptors (Lipinski definition) is 11. The molecule has 1 saturated heterocycles. The van der Waals surface area contributed by atoms with Crippen LogP contribution in [0.4, 0.5) is 0 Å². The first kappa shape index (κ1) is 42.7. The summed E-state index contributed by atoms with van der Waals surface area (Å²) in [5.74, 6) is -3.30. The summed E-state index contributed by atoms with van der Waals surface area (Å²) in [5, 5.41) is 0.431. The third-order valence-electron chi connectivity index (χ3n) is 7.68. The smallest absolute Gasteiger partial charge is 0.333 e. The molecule has 13 nitrogen and oxygen atoms in total. The van der Waals surface area contributed by atoms with Gasteiger partial charge in [-0.2, -0.15) is 0 Å². The second-order valence-corrected chi connectivity index (χ2v) is 15.3. The van der Waals surface area contributed by atoms with Crippen LogP contribution in [0.3, 0.4) is 0 Å². The second-order valence-electron chi connectivity index (χ2n) is 13.3. The Hall–Kier alpha value is -2.34. The van der Waals surface area contributed by atoms with E-state index in [1.54, 1.807) is 0 Å². The number of nitrogens with zero attached hydrogens (tertiary/aromatic N) is 2. The van der Waals surface area contributed by atoms with Gasteiger partial charge >= 0.3 is 17.9 Å². The number of amides is 2. The quantitative estimate of drug-likeness (QED) is 0.0357. The highest BCUT2D eigenvalue weighted by Crippen LogP contribution is 2.37. The molecule has 14 heteroatoms. The lowest BCUT2D eigenvalue weighted by Gasteiger charge is -2.30. The van der Waals surface area contributed by atoms with Gasteiger partial charge in [0.15, 0.2) is 6.10 Å². The number of imide groups is 1. The van der Waals surface area contributed by atoms with E-state index in [2.05, 4.69) is 6.92 Å².